The van der Waals surface area contributed by atoms with Gasteiger partial charge < -0.3 is 10.2 Å². The van der Waals surface area contributed by atoms with E-state index in [1.54, 1.807) is 0 Å². The third-order valence-electron chi connectivity index (χ3n) is 5.91. The van der Waals surface area contributed by atoms with Gasteiger partial charge in [-0.25, -0.2) is 0 Å². The Balaban J connectivity index is 1.92. The van der Waals surface area contributed by atoms with E-state index in [2.05, 4.69) is 37.9 Å². The van der Waals surface area contributed by atoms with Crippen molar-refractivity contribution < 1.29 is 0 Å². The number of nitrogens with zero attached hydrogens (tertiary/aromatic N) is 1. The summed E-state index contributed by atoms with van der Waals surface area (Å²) in [6, 6.07) is 0.757. The Morgan fingerprint density at radius 2 is 1.62 bits per heavy atom. The molecule has 1 saturated carbocycles. The molecule has 2 fully saturated rings. The van der Waals surface area contributed by atoms with Crippen molar-refractivity contribution in [2.45, 2.75) is 72.3 Å². The molecule has 0 bridgehead atoms. The molecule has 0 radical (unpaired) electrons. The molecule has 1 aliphatic carbocycles. The van der Waals surface area contributed by atoms with Crippen LogP contribution in [0.1, 0.15) is 66.2 Å². The summed E-state index contributed by atoms with van der Waals surface area (Å²) in [4.78, 5) is 2.78. The summed E-state index contributed by atoms with van der Waals surface area (Å²) in [7, 11) is 0. The molecule has 1 N–H and O–H groups in total. The minimum absolute atomic E-state index is 0.757. The highest BCUT2D eigenvalue weighted by molar-refractivity contribution is 4.85. The van der Waals surface area contributed by atoms with Crippen molar-refractivity contribution in [1.82, 2.24) is 10.2 Å². The number of hydrogen-bond acceptors (Lipinski definition) is 2. The fourth-order valence-corrected chi connectivity index (χ4v) is 4.53. The molecule has 2 rings (SSSR count). The summed E-state index contributed by atoms with van der Waals surface area (Å²) in [5.41, 5.74) is 0. The van der Waals surface area contributed by atoms with Crippen molar-refractivity contribution in [3.63, 3.8) is 0 Å². The van der Waals surface area contributed by atoms with Crippen LogP contribution in [0.3, 0.4) is 0 Å². The molecule has 1 heterocycles. The van der Waals surface area contributed by atoms with Gasteiger partial charge in [-0.1, -0.05) is 47.0 Å². The maximum absolute atomic E-state index is 3.87. The minimum Gasteiger partial charge on any atom is -0.312 e. The molecule has 1 atom stereocenters. The second-order valence-electron chi connectivity index (χ2n) is 8.22. The van der Waals surface area contributed by atoms with Crippen LogP contribution in [0.15, 0.2) is 0 Å². The lowest BCUT2D eigenvalue weighted by Crippen LogP contribution is -2.45. The van der Waals surface area contributed by atoms with Gasteiger partial charge in [0.2, 0.25) is 0 Å². The summed E-state index contributed by atoms with van der Waals surface area (Å²) >= 11 is 0. The fourth-order valence-electron chi connectivity index (χ4n) is 4.53. The Hall–Kier alpha value is -0.0800. The van der Waals surface area contributed by atoms with Gasteiger partial charge in [0, 0.05) is 19.1 Å². The van der Waals surface area contributed by atoms with Crippen molar-refractivity contribution in [2.24, 2.45) is 23.7 Å². The second kappa shape index (κ2) is 8.53. The first kappa shape index (κ1) is 17.3. The van der Waals surface area contributed by atoms with Crippen LogP contribution >= 0.6 is 0 Å². The van der Waals surface area contributed by atoms with Gasteiger partial charge in [0.1, 0.15) is 0 Å². The highest BCUT2D eigenvalue weighted by Crippen LogP contribution is 2.28. The molecule has 0 amide bonds. The molecule has 0 aromatic carbocycles. The lowest BCUT2D eigenvalue weighted by Gasteiger charge is -2.36. The summed E-state index contributed by atoms with van der Waals surface area (Å²) in [6.45, 7) is 14.7. The lowest BCUT2D eigenvalue weighted by atomic mass is 9.83. The summed E-state index contributed by atoms with van der Waals surface area (Å²) in [5.74, 6) is 3.38. The highest BCUT2D eigenvalue weighted by Gasteiger charge is 2.28. The molecular weight excluding hydrogens is 256 g/mol. The van der Waals surface area contributed by atoms with E-state index < -0.39 is 0 Å². The van der Waals surface area contributed by atoms with Crippen LogP contribution in [-0.2, 0) is 0 Å². The first-order chi connectivity index (χ1) is 10.1. The van der Waals surface area contributed by atoms with Gasteiger partial charge in [-0.05, 0) is 56.0 Å². The van der Waals surface area contributed by atoms with Crippen LogP contribution in [0.5, 0.6) is 0 Å². The topological polar surface area (TPSA) is 15.3 Å². The molecule has 1 unspecified atom stereocenters. The third-order valence-corrected chi connectivity index (χ3v) is 5.91. The van der Waals surface area contributed by atoms with Crippen LogP contribution < -0.4 is 5.32 Å². The van der Waals surface area contributed by atoms with Gasteiger partial charge in [0.25, 0.3) is 0 Å². The predicted octanol–water partition coefficient (Wildman–Crippen LogP) is 4.16. The van der Waals surface area contributed by atoms with E-state index in [4.69, 9.17) is 0 Å². The highest BCUT2D eigenvalue weighted by atomic mass is 15.2. The van der Waals surface area contributed by atoms with E-state index in [1.165, 1.54) is 64.7 Å². The predicted molar refractivity (Wildman–Crippen MR) is 92.6 cm³/mol. The van der Waals surface area contributed by atoms with Crippen LogP contribution in [-0.4, -0.2) is 37.1 Å². The Morgan fingerprint density at radius 1 is 0.952 bits per heavy atom. The normalized spacial score (nSPS) is 26.7. The zero-order chi connectivity index (χ0) is 15.2. The monoisotopic (exact) mass is 294 g/mol. The van der Waals surface area contributed by atoms with Crippen molar-refractivity contribution in [1.29, 1.82) is 0 Å². The zero-order valence-corrected chi connectivity index (χ0v) is 14.9. The standard InChI is InChI=1S/C19H38N2/c1-15(2)18(16(3)4)13-21-12-8-11-20-19(14-21)17-9-6-5-7-10-17/h15-20H,5-14H2,1-4H3. The number of rotatable bonds is 5. The van der Waals surface area contributed by atoms with Gasteiger partial charge in [-0.3, -0.25) is 0 Å². The third kappa shape index (κ3) is 5.25. The Kier molecular flexibility index (Phi) is 7.01. The van der Waals surface area contributed by atoms with Crippen LogP contribution in [0.25, 0.3) is 0 Å². The van der Waals surface area contributed by atoms with E-state index in [0.29, 0.717) is 0 Å². The van der Waals surface area contributed by atoms with Crippen molar-refractivity contribution in [3.8, 4) is 0 Å². The van der Waals surface area contributed by atoms with E-state index in [0.717, 1.165) is 29.7 Å². The van der Waals surface area contributed by atoms with Crippen LogP contribution in [0.4, 0.5) is 0 Å². The van der Waals surface area contributed by atoms with Crippen LogP contribution in [0, 0.1) is 23.7 Å². The average molecular weight is 295 g/mol. The number of hydrogen-bond donors (Lipinski definition) is 1. The molecule has 0 aromatic heterocycles. The van der Waals surface area contributed by atoms with E-state index in [1.807, 2.05) is 0 Å². The molecule has 1 aliphatic heterocycles. The molecule has 0 aromatic rings. The largest absolute Gasteiger partial charge is 0.312 e. The quantitative estimate of drug-likeness (QED) is 0.819. The smallest absolute Gasteiger partial charge is 0.0223 e. The molecule has 21 heavy (non-hydrogen) atoms. The van der Waals surface area contributed by atoms with Gasteiger partial charge in [-0.15, -0.1) is 0 Å². The van der Waals surface area contributed by atoms with Gasteiger partial charge in [0.05, 0.1) is 0 Å². The molecule has 2 nitrogen and oxygen atoms in total. The first-order valence-electron chi connectivity index (χ1n) is 9.53. The first-order valence-corrected chi connectivity index (χ1v) is 9.53. The lowest BCUT2D eigenvalue weighted by molar-refractivity contribution is 0.146. The maximum atomic E-state index is 3.87. The van der Waals surface area contributed by atoms with Gasteiger partial charge in [-0.2, -0.15) is 0 Å². The van der Waals surface area contributed by atoms with E-state index in [-0.39, 0.29) is 0 Å². The van der Waals surface area contributed by atoms with Gasteiger partial charge in [0.15, 0.2) is 0 Å². The van der Waals surface area contributed by atoms with E-state index in [9.17, 15) is 0 Å². The fraction of sp³-hybridized carbons (Fsp3) is 1.00. The summed E-state index contributed by atoms with van der Waals surface area (Å²) in [5, 5.41) is 3.87. The summed E-state index contributed by atoms with van der Waals surface area (Å²) < 4.78 is 0. The van der Waals surface area contributed by atoms with Crippen molar-refractivity contribution in [2.75, 3.05) is 26.2 Å². The van der Waals surface area contributed by atoms with Crippen molar-refractivity contribution >= 4 is 0 Å². The molecule has 2 heteroatoms. The Morgan fingerprint density at radius 3 is 2.24 bits per heavy atom. The van der Waals surface area contributed by atoms with E-state index >= 15 is 0 Å². The average Bonchev–Trinajstić information content (AvgIpc) is 2.70. The van der Waals surface area contributed by atoms with Gasteiger partial charge >= 0.3 is 0 Å². The minimum atomic E-state index is 0.757. The molecule has 124 valence electrons. The van der Waals surface area contributed by atoms with Crippen molar-refractivity contribution in [3.05, 3.63) is 0 Å². The second-order valence-corrected chi connectivity index (χ2v) is 8.22. The molecule has 0 spiro atoms. The van der Waals surface area contributed by atoms with Crippen LogP contribution in [0.2, 0.25) is 0 Å². The zero-order valence-electron chi connectivity index (χ0n) is 14.9. The summed E-state index contributed by atoms with van der Waals surface area (Å²) in [6.07, 6.45) is 8.64. The SMILES string of the molecule is CC(C)C(CN1CCCNC(C2CCCCC2)C1)C(C)C. The molecular formula is C19H38N2. The molecule has 1 saturated heterocycles. The molecule has 2 aliphatic rings. The number of nitrogens with one attached hydrogen (secondary N) is 1. The Bertz CT molecular complexity index is 273. The Labute approximate surface area is 133 Å². The maximum Gasteiger partial charge on any atom is 0.0223 e.